The van der Waals surface area contributed by atoms with E-state index < -0.39 is 0 Å². The van der Waals surface area contributed by atoms with Crippen molar-refractivity contribution in [3.8, 4) is 5.75 Å². The van der Waals surface area contributed by atoms with Crippen LogP contribution in [0.1, 0.15) is 21.5 Å². The van der Waals surface area contributed by atoms with E-state index in [1.54, 1.807) is 7.11 Å². The first-order chi connectivity index (χ1) is 12.6. The fourth-order valence-corrected chi connectivity index (χ4v) is 3.38. The highest BCUT2D eigenvalue weighted by Crippen LogP contribution is 2.24. The molecule has 2 aromatic rings. The quantitative estimate of drug-likeness (QED) is 0.875. The molecule has 1 amide bonds. The molecule has 0 unspecified atom stereocenters. The number of amides is 1. The van der Waals surface area contributed by atoms with E-state index in [-0.39, 0.29) is 5.91 Å². The van der Waals surface area contributed by atoms with E-state index in [1.807, 2.05) is 47.4 Å². The summed E-state index contributed by atoms with van der Waals surface area (Å²) >= 11 is 6.11. The second-order valence-corrected chi connectivity index (χ2v) is 6.86. The topological polar surface area (TPSA) is 58.8 Å². The van der Waals surface area contributed by atoms with Crippen LogP contribution in [0.4, 0.5) is 0 Å². The molecule has 0 atom stereocenters. The number of carbonyl (C=O) groups excluding carboxylic acids is 1. The third-order valence-corrected chi connectivity index (χ3v) is 4.97. The Morgan fingerprint density at radius 2 is 1.81 bits per heavy atom. The average Bonchev–Trinajstić information content (AvgIpc) is 2.68. The molecule has 0 radical (unpaired) electrons. The van der Waals surface area contributed by atoms with E-state index in [0.29, 0.717) is 30.2 Å². The first-order valence-electron chi connectivity index (χ1n) is 8.73. The SMILES string of the molecule is COc1ccc(Cl)cc1CN1CCN(C(=O)c2ccc(CN)cc2)CC1. The molecule has 138 valence electrons. The summed E-state index contributed by atoms with van der Waals surface area (Å²) in [7, 11) is 1.67. The standard InChI is InChI=1S/C20H24ClN3O2/c1-26-19-7-6-18(21)12-17(19)14-23-8-10-24(11-9-23)20(25)16-4-2-15(13-22)3-5-16/h2-7,12H,8-11,13-14,22H2,1H3. The van der Waals surface area contributed by atoms with Gasteiger partial charge in [0.25, 0.3) is 5.91 Å². The van der Waals surface area contributed by atoms with Crippen LogP contribution in [0.25, 0.3) is 0 Å². The lowest BCUT2D eigenvalue weighted by atomic mass is 10.1. The summed E-state index contributed by atoms with van der Waals surface area (Å²) in [5, 5.41) is 0.704. The lowest BCUT2D eigenvalue weighted by molar-refractivity contribution is 0.0627. The van der Waals surface area contributed by atoms with E-state index in [4.69, 9.17) is 22.1 Å². The van der Waals surface area contributed by atoms with Crippen LogP contribution in [0.3, 0.4) is 0 Å². The molecule has 0 aliphatic carbocycles. The van der Waals surface area contributed by atoms with E-state index in [9.17, 15) is 4.79 Å². The second kappa shape index (κ2) is 8.54. The van der Waals surface area contributed by atoms with Crippen molar-refractivity contribution in [1.82, 2.24) is 9.80 Å². The van der Waals surface area contributed by atoms with Gasteiger partial charge in [0.15, 0.2) is 0 Å². The van der Waals surface area contributed by atoms with Gasteiger partial charge in [0.05, 0.1) is 7.11 Å². The van der Waals surface area contributed by atoms with E-state index in [1.165, 1.54) is 0 Å². The molecule has 5 nitrogen and oxygen atoms in total. The van der Waals surface area contributed by atoms with Crippen molar-refractivity contribution in [2.45, 2.75) is 13.1 Å². The van der Waals surface area contributed by atoms with Gasteiger partial charge < -0.3 is 15.4 Å². The Balaban J connectivity index is 1.58. The number of hydrogen-bond donors (Lipinski definition) is 1. The van der Waals surface area contributed by atoms with Crippen molar-refractivity contribution >= 4 is 17.5 Å². The number of carbonyl (C=O) groups is 1. The lowest BCUT2D eigenvalue weighted by Gasteiger charge is -2.35. The molecule has 3 rings (SSSR count). The Kier molecular flexibility index (Phi) is 6.14. The summed E-state index contributed by atoms with van der Waals surface area (Å²) in [6.45, 7) is 4.31. The summed E-state index contributed by atoms with van der Waals surface area (Å²) in [6.07, 6.45) is 0. The second-order valence-electron chi connectivity index (χ2n) is 6.43. The summed E-state index contributed by atoms with van der Waals surface area (Å²) in [5.74, 6) is 0.918. The van der Waals surface area contributed by atoms with Crippen LogP contribution in [0.15, 0.2) is 42.5 Å². The van der Waals surface area contributed by atoms with Crippen LogP contribution < -0.4 is 10.5 Å². The fourth-order valence-electron chi connectivity index (χ4n) is 3.19. The number of hydrogen-bond acceptors (Lipinski definition) is 4. The van der Waals surface area contributed by atoms with Gasteiger partial charge >= 0.3 is 0 Å². The number of piperazine rings is 1. The van der Waals surface area contributed by atoms with Gasteiger partial charge in [-0.3, -0.25) is 9.69 Å². The van der Waals surface area contributed by atoms with Gasteiger partial charge in [-0.1, -0.05) is 23.7 Å². The summed E-state index contributed by atoms with van der Waals surface area (Å²) in [4.78, 5) is 16.9. The third-order valence-electron chi connectivity index (χ3n) is 4.73. The number of rotatable bonds is 5. The molecule has 0 aromatic heterocycles. The molecule has 26 heavy (non-hydrogen) atoms. The molecule has 2 N–H and O–H groups in total. The van der Waals surface area contributed by atoms with Crippen LogP contribution in [0.2, 0.25) is 5.02 Å². The molecule has 1 aliphatic rings. The minimum absolute atomic E-state index is 0.0774. The highest BCUT2D eigenvalue weighted by atomic mass is 35.5. The zero-order chi connectivity index (χ0) is 18.5. The molecule has 1 aliphatic heterocycles. The summed E-state index contributed by atoms with van der Waals surface area (Å²) in [6, 6.07) is 13.2. The Bertz CT molecular complexity index is 756. The normalized spacial score (nSPS) is 15.1. The number of nitrogens with zero attached hydrogens (tertiary/aromatic N) is 2. The van der Waals surface area contributed by atoms with Gasteiger partial charge in [-0.25, -0.2) is 0 Å². The minimum atomic E-state index is 0.0774. The molecule has 1 fully saturated rings. The van der Waals surface area contributed by atoms with Crippen molar-refractivity contribution in [2.75, 3.05) is 33.3 Å². The average molecular weight is 374 g/mol. The predicted molar refractivity (Wildman–Crippen MR) is 104 cm³/mol. The molecule has 2 aromatic carbocycles. The third kappa shape index (κ3) is 4.36. The van der Waals surface area contributed by atoms with Crippen LogP contribution in [0, 0.1) is 0 Å². The Morgan fingerprint density at radius 3 is 2.42 bits per heavy atom. The maximum absolute atomic E-state index is 12.6. The van der Waals surface area contributed by atoms with Crippen molar-refractivity contribution in [3.63, 3.8) is 0 Å². The van der Waals surface area contributed by atoms with Crippen LogP contribution in [-0.2, 0) is 13.1 Å². The molecule has 1 heterocycles. The molecule has 6 heteroatoms. The smallest absolute Gasteiger partial charge is 0.253 e. The number of methoxy groups -OCH3 is 1. The van der Waals surface area contributed by atoms with Crippen LogP contribution in [-0.4, -0.2) is 49.0 Å². The lowest BCUT2D eigenvalue weighted by Crippen LogP contribution is -2.48. The molecule has 1 saturated heterocycles. The van der Waals surface area contributed by atoms with Gasteiger partial charge in [-0.05, 0) is 35.9 Å². The number of halogens is 1. The van der Waals surface area contributed by atoms with Crippen molar-refractivity contribution < 1.29 is 9.53 Å². The highest BCUT2D eigenvalue weighted by molar-refractivity contribution is 6.30. The van der Waals surface area contributed by atoms with E-state index in [0.717, 1.165) is 36.5 Å². The van der Waals surface area contributed by atoms with Gasteiger partial charge in [0, 0.05) is 55.4 Å². The molecule has 0 spiro atoms. The minimum Gasteiger partial charge on any atom is -0.496 e. The maximum Gasteiger partial charge on any atom is 0.253 e. The predicted octanol–water partition coefficient (Wildman–Crippen LogP) is 2.77. The first kappa shape index (κ1) is 18.7. The first-order valence-corrected chi connectivity index (χ1v) is 9.11. The monoisotopic (exact) mass is 373 g/mol. The molecule has 0 saturated carbocycles. The number of ether oxygens (including phenoxy) is 1. The zero-order valence-electron chi connectivity index (χ0n) is 15.0. The molecular weight excluding hydrogens is 350 g/mol. The highest BCUT2D eigenvalue weighted by Gasteiger charge is 2.22. The Morgan fingerprint density at radius 1 is 1.12 bits per heavy atom. The van der Waals surface area contributed by atoms with Crippen LogP contribution >= 0.6 is 11.6 Å². The van der Waals surface area contributed by atoms with E-state index in [2.05, 4.69) is 4.90 Å². The summed E-state index contributed by atoms with van der Waals surface area (Å²) in [5.41, 5.74) is 8.42. The number of nitrogens with two attached hydrogens (primary N) is 1. The van der Waals surface area contributed by atoms with Gasteiger partial charge in [0.2, 0.25) is 0 Å². The molecule has 0 bridgehead atoms. The van der Waals surface area contributed by atoms with Gasteiger partial charge in [-0.15, -0.1) is 0 Å². The largest absolute Gasteiger partial charge is 0.496 e. The van der Waals surface area contributed by atoms with Gasteiger partial charge in [-0.2, -0.15) is 0 Å². The van der Waals surface area contributed by atoms with Gasteiger partial charge in [0.1, 0.15) is 5.75 Å². The van der Waals surface area contributed by atoms with Crippen molar-refractivity contribution in [3.05, 3.63) is 64.2 Å². The van der Waals surface area contributed by atoms with Crippen molar-refractivity contribution in [1.29, 1.82) is 0 Å². The fraction of sp³-hybridized carbons (Fsp3) is 0.350. The number of benzene rings is 2. The summed E-state index contributed by atoms with van der Waals surface area (Å²) < 4.78 is 5.42. The zero-order valence-corrected chi connectivity index (χ0v) is 15.7. The van der Waals surface area contributed by atoms with Crippen LogP contribution in [0.5, 0.6) is 5.75 Å². The Hall–Kier alpha value is -2.08. The maximum atomic E-state index is 12.6. The van der Waals surface area contributed by atoms with Crippen molar-refractivity contribution in [2.24, 2.45) is 5.73 Å². The molecular formula is C20H24ClN3O2. The van der Waals surface area contributed by atoms with E-state index >= 15 is 0 Å². The Labute approximate surface area is 159 Å².